The highest BCUT2D eigenvalue weighted by Gasteiger charge is 2.45. The van der Waals surface area contributed by atoms with Crippen LogP contribution in [0.2, 0.25) is 0 Å². The molecular formula is C10H21N3O3S. The highest BCUT2D eigenvalue weighted by molar-refractivity contribution is 7.88. The number of nitrogens with zero attached hydrogens (tertiary/aromatic N) is 1. The second-order valence-corrected chi connectivity index (χ2v) is 6.50. The molecule has 100 valence electrons. The summed E-state index contributed by atoms with van der Waals surface area (Å²) in [5, 5.41) is 2.73. The average Bonchev–Trinajstić information content (AvgIpc) is 2.95. The fraction of sp³-hybridized carbons (Fsp3) is 0.900. The third-order valence-electron chi connectivity index (χ3n) is 2.93. The number of sulfonamides is 1. The fourth-order valence-electron chi connectivity index (χ4n) is 1.55. The second kappa shape index (κ2) is 5.32. The molecule has 0 heterocycles. The molecule has 7 heteroatoms. The maximum Gasteiger partial charge on any atom is 0.240 e. The number of rotatable bonds is 7. The number of hydrogen-bond acceptors (Lipinski definition) is 4. The van der Waals surface area contributed by atoms with E-state index in [1.807, 2.05) is 0 Å². The average molecular weight is 263 g/mol. The number of amides is 1. The lowest BCUT2D eigenvalue weighted by Crippen LogP contribution is -2.43. The summed E-state index contributed by atoms with van der Waals surface area (Å²) in [6.45, 7) is 3.13. The monoisotopic (exact) mass is 263 g/mol. The molecule has 0 bridgehead atoms. The van der Waals surface area contributed by atoms with Gasteiger partial charge in [-0.15, -0.1) is 0 Å². The Bertz CT molecular complexity index is 376. The summed E-state index contributed by atoms with van der Waals surface area (Å²) in [4.78, 5) is 11.5. The van der Waals surface area contributed by atoms with Crippen LogP contribution in [0.15, 0.2) is 0 Å². The van der Waals surface area contributed by atoms with Crippen LogP contribution in [0, 0.1) is 0 Å². The van der Waals surface area contributed by atoms with E-state index in [1.54, 1.807) is 6.92 Å². The summed E-state index contributed by atoms with van der Waals surface area (Å²) in [5.74, 6) is -0.125. The van der Waals surface area contributed by atoms with Crippen LogP contribution in [-0.2, 0) is 14.8 Å². The Morgan fingerprint density at radius 2 is 2.06 bits per heavy atom. The third-order valence-corrected chi connectivity index (χ3v) is 4.31. The van der Waals surface area contributed by atoms with Crippen LogP contribution in [0.5, 0.6) is 0 Å². The Morgan fingerprint density at radius 1 is 1.47 bits per heavy atom. The van der Waals surface area contributed by atoms with Gasteiger partial charge >= 0.3 is 0 Å². The standard InChI is InChI=1S/C10H21N3O3S/c1-3-13(17(2,15)16)8-4-7-12-9(14)10(11)5-6-10/h3-8,11H2,1-2H3,(H,12,14). The van der Waals surface area contributed by atoms with Crippen molar-refractivity contribution in [2.24, 2.45) is 5.73 Å². The number of nitrogens with one attached hydrogen (secondary N) is 1. The van der Waals surface area contributed by atoms with E-state index in [0.29, 0.717) is 26.1 Å². The zero-order valence-electron chi connectivity index (χ0n) is 10.4. The van der Waals surface area contributed by atoms with Gasteiger partial charge in [0.25, 0.3) is 0 Å². The van der Waals surface area contributed by atoms with Crippen LogP contribution in [0.3, 0.4) is 0 Å². The van der Waals surface area contributed by atoms with Gasteiger partial charge in [0.2, 0.25) is 15.9 Å². The van der Waals surface area contributed by atoms with Crippen LogP contribution in [0.25, 0.3) is 0 Å². The minimum Gasteiger partial charge on any atom is -0.354 e. The molecule has 1 amide bonds. The quantitative estimate of drug-likeness (QED) is 0.592. The molecule has 6 nitrogen and oxygen atoms in total. The number of carbonyl (C=O) groups is 1. The molecule has 0 aromatic rings. The van der Waals surface area contributed by atoms with Gasteiger partial charge in [-0.2, -0.15) is 0 Å². The normalized spacial score (nSPS) is 18.1. The summed E-state index contributed by atoms with van der Waals surface area (Å²) >= 11 is 0. The van der Waals surface area contributed by atoms with Crippen molar-refractivity contribution in [3.8, 4) is 0 Å². The van der Waals surface area contributed by atoms with Crippen molar-refractivity contribution in [2.45, 2.75) is 31.7 Å². The minimum atomic E-state index is -3.14. The summed E-state index contributed by atoms with van der Waals surface area (Å²) in [5.41, 5.74) is 5.06. The van der Waals surface area contributed by atoms with Crippen molar-refractivity contribution in [1.82, 2.24) is 9.62 Å². The molecule has 1 aliphatic rings. The van der Waals surface area contributed by atoms with E-state index < -0.39 is 15.6 Å². The molecule has 0 atom stereocenters. The summed E-state index contributed by atoms with van der Waals surface area (Å²) in [6.07, 6.45) is 3.27. The van der Waals surface area contributed by atoms with E-state index in [0.717, 1.165) is 12.8 Å². The van der Waals surface area contributed by atoms with Gasteiger partial charge in [-0.1, -0.05) is 6.92 Å². The van der Waals surface area contributed by atoms with Gasteiger partial charge in [-0.3, -0.25) is 4.79 Å². The molecule has 0 radical (unpaired) electrons. The lowest BCUT2D eigenvalue weighted by atomic mass is 10.2. The van der Waals surface area contributed by atoms with Gasteiger partial charge in [-0.25, -0.2) is 12.7 Å². The zero-order valence-corrected chi connectivity index (χ0v) is 11.2. The molecule has 17 heavy (non-hydrogen) atoms. The molecule has 1 rings (SSSR count). The molecule has 0 spiro atoms. The molecule has 3 N–H and O–H groups in total. The van der Waals surface area contributed by atoms with Crippen molar-refractivity contribution < 1.29 is 13.2 Å². The number of nitrogens with two attached hydrogens (primary N) is 1. The van der Waals surface area contributed by atoms with Crippen molar-refractivity contribution >= 4 is 15.9 Å². The lowest BCUT2D eigenvalue weighted by molar-refractivity contribution is -0.123. The Kier molecular flexibility index (Phi) is 4.51. The Balaban J connectivity index is 2.21. The topological polar surface area (TPSA) is 92.5 Å². The van der Waals surface area contributed by atoms with Crippen molar-refractivity contribution in [3.63, 3.8) is 0 Å². The van der Waals surface area contributed by atoms with E-state index in [1.165, 1.54) is 10.6 Å². The molecule has 0 aromatic heterocycles. The largest absolute Gasteiger partial charge is 0.354 e. The first-order valence-electron chi connectivity index (χ1n) is 5.82. The first-order chi connectivity index (χ1) is 7.79. The van der Waals surface area contributed by atoms with E-state index in [-0.39, 0.29) is 5.91 Å². The predicted molar refractivity (Wildman–Crippen MR) is 65.9 cm³/mol. The predicted octanol–water partition coefficient (Wildman–Crippen LogP) is -0.734. The van der Waals surface area contributed by atoms with E-state index in [2.05, 4.69) is 5.32 Å². The first-order valence-corrected chi connectivity index (χ1v) is 7.67. The molecule has 0 aromatic carbocycles. The summed E-state index contributed by atoms with van der Waals surface area (Å²) < 4.78 is 23.9. The van der Waals surface area contributed by atoms with Crippen molar-refractivity contribution in [1.29, 1.82) is 0 Å². The molecular weight excluding hydrogens is 242 g/mol. The summed E-state index contributed by atoms with van der Waals surface area (Å²) in [6, 6.07) is 0. The highest BCUT2D eigenvalue weighted by atomic mass is 32.2. The number of hydrogen-bond donors (Lipinski definition) is 2. The van der Waals surface area contributed by atoms with Gasteiger partial charge in [-0.05, 0) is 19.3 Å². The van der Waals surface area contributed by atoms with E-state index in [9.17, 15) is 13.2 Å². The molecule has 1 fully saturated rings. The van der Waals surface area contributed by atoms with Gasteiger partial charge in [0, 0.05) is 19.6 Å². The maximum atomic E-state index is 11.5. The lowest BCUT2D eigenvalue weighted by Gasteiger charge is -2.18. The van der Waals surface area contributed by atoms with Crippen LogP contribution < -0.4 is 11.1 Å². The maximum absolute atomic E-state index is 11.5. The van der Waals surface area contributed by atoms with Crippen LogP contribution >= 0.6 is 0 Å². The first kappa shape index (κ1) is 14.4. The SMILES string of the molecule is CCN(CCCNC(=O)C1(N)CC1)S(C)(=O)=O. The van der Waals surface area contributed by atoms with Gasteiger partial charge in [0.05, 0.1) is 11.8 Å². The highest BCUT2D eigenvalue weighted by Crippen LogP contribution is 2.31. The minimum absolute atomic E-state index is 0.125. The Labute approximate surface area is 103 Å². The van der Waals surface area contributed by atoms with Crippen molar-refractivity contribution in [2.75, 3.05) is 25.9 Å². The molecule has 0 aliphatic heterocycles. The molecule has 1 saturated carbocycles. The molecule has 1 aliphatic carbocycles. The van der Waals surface area contributed by atoms with E-state index >= 15 is 0 Å². The molecule has 0 saturated heterocycles. The van der Waals surface area contributed by atoms with Crippen LogP contribution in [0.4, 0.5) is 0 Å². The third kappa shape index (κ3) is 4.25. The van der Waals surface area contributed by atoms with E-state index in [4.69, 9.17) is 5.73 Å². The zero-order chi connectivity index (χ0) is 13.1. The smallest absolute Gasteiger partial charge is 0.240 e. The van der Waals surface area contributed by atoms with Crippen LogP contribution in [-0.4, -0.2) is 50.1 Å². The van der Waals surface area contributed by atoms with Crippen molar-refractivity contribution in [3.05, 3.63) is 0 Å². The number of carbonyl (C=O) groups excluding carboxylic acids is 1. The van der Waals surface area contributed by atoms with Gasteiger partial charge in [0.15, 0.2) is 0 Å². The fourth-order valence-corrected chi connectivity index (χ4v) is 2.48. The summed E-state index contributed by atoms with van der Waals surface area (Å²) in [7, 11) is -3.14. The molecule has 0 unspecified atom stereocenters. The Morgan fingerprint density at radius 3 is 2.47 bits per heavy atom. The van der Waals surface area contributed by atoms with Gasteiger partial charge < -0.3 is 11.1 Å². The Hall–Kier alpha value is -0.660. The van der Waals surface area contributed by atoms with Gasteiger partial charge in [0.1, 0.15) is 0 Å². The van der Waals surface area contributed by atoms with Crippen LogP contribution in [0.1, 0.15) is 26.2 Å². The second-order valence-electron chi connectivity index (χ2n) is 4.52.